The van der Waals surface area contributed by atoms with Gasteiger partial charge in [0.1, 0.15) is 18.0 Å². The number of ether oxygens (including phenoxy) is 5. The fraction of sp³-hybridized carbons (Fsp3) is 0.500. The average Bonchev–Trinajstić information content (AvgIpc) is 3.56. The highest BCUT2D eigenvalue weighted by molar-refractivity contribution is 5.92. The summed E-state index contributed by atoms with van der Waals surface area (Å²) in [4.78, 5) is 25.5. The molecule has 10 heteroatoms. The van der Waals surface area contributed by atoms with E-state index in [0.29, 0.717) is 37.7 Å². The second-order valence-corrected chi connectivity index (χ2v) is 10.2. The fourth-order valence-electron chi connectivity index (χ4n) is 5.70. The van der Waals surface area contributed by atoms with Gasteiger partial charge in [-0.1, -0.05) is 6.07 Å². The van der Waals surface area contributed by atoms with Gasteiger partial charge in [-0.2, -0.15) is 0 Å². The molecule has 202 valence electrons. The molecule has 3 N–H and O–H groups in total. The second-order valence-electron chi connectivity index (χ2n) is 10.2. The summed E-state index contributed by atoms with van der Waals surface area (Å²) in [7, 11) is 0. The molecular formula is C28H32N2O8. The molecule has 0 bridgehead atoms. The summed E-state index contributed by atoms with van der Waals surface area (Å²) < 4.78 is 28.3. The molecule has 6 rings (SSSR count). The first-order valence-corrected chi connectivity index (χ1v) is 13.2. The van der Waals surface area contributed by atoms with Crippen LogP contribution in [0, 0.1) is 5.92 Å². The van der Waals surface area contributed by atoms with Crippen LogP contribution >= 0.6 is 0 Å². The van der Waals surface area contributed by atoms with Crippen LogP contribution in [0.1, 0.15) is 42.7 Å². The average molecular weight is 525 g/mol. The third-order valence-electron chi connectivity index (χ3n) is 7.70. The highest BCUT2D eigenvalue weighted by atomic mass is 16.7. The van der Waals surface area contributed by atoms with Crippen molar-refractivity contribution in [1.82, 2.24) is 5.32 Å². The molecule has 2 aromatic carbocycles. The van der Waals surface area contributed by atoms with Crippen molar-refractivity contribution in [1.29, 1.82) is 0 Å². The zero-order chi connectivity index (χ0) is 26.1. The third-order valence-corrected chi connectivity index (χ3v) is 7.70. The summed E-state index contributed by atoms with van der Waals surface area (Å²) in [5.41, 5.74) is 2.59. The minimum Gasteiger partial charge on any atom is -0.487 e. The van der Waals surface area contributed by atoms with Crippen LogP contribution in [0.4, 0.5) is 5.69 Å². The quantitative estimate of drug-likeness (QED) is 0.505. The Morgan fingerprint density at radius 3 is 2.66 bits per heavy atom. The lowest BCUT2D eigenvalue weighted by atomic mass is 9.84. The smallest absolute Gasteiger partial charge is 0.231 e. The topological polar surface area (TPSA) is 125 Å². The Morgan fingerprint density at radius 2 is 1.82 bits per heavy atom. The van der Waals surface area contributed by atoms with Gasteiger partial charge in [-0.25, -0.2) is 0 Å². The number of anilines is 1. The number of amides is 2. The predicted octanol–water partition coefficient (Wildman–Crippen LogP) is 2.48. The van der Waals surface area contributed by atoms with E-state index >= 15 is 0 Å². The Hall–Kier alpha value is -3.34. The zero-order valence-corrected chi connectivity index (χ0v) is 21.0. The van der Waals surface area contributed by atoms with Crippen LogP contribution < -0.4 is 24.8 Å². The molecule has 4 heterocycles. The number of hydrogen-bond acceptors (Lipinski definition) is 8. The fourth-order valence-corrected chi connectivity index (χ4v) is 5.70. The number of hydrogen-bond donors (Lipinski definition) is 3. The lowest BCUT2D eigenvalue weighted by Crippen LogP contribution is -2.47. The number of carbonyl (C=O) groups excluding carboxylic acids is 2. The molecule has 0 aliphatic carbocycles. The van der Waals surface area contributed by atoms with Gasteiger partial charge in [0, 0.05) is 42.8 Å². The highest BCUT2D eigenvalue weighted by Crippen LogP contribution is 2.47. The Morgan fingerprint density at radius 1 is 1.00 bits per heavy atom. The number of benzene rings is 2. The Balaban J connectivity index is 1.09. The molecule has 2 amide bonds. The van der Waals surface area contributed by atoms with E-state index in [2.05, 4.69) is 10.6 Å². The molecule has 4 atom stereocenters. The van der Waals surface area contributed by atoms with Crippen molar-refractivity contribution in [3.8, 4) is 17.2 Å². The van der Waals surface area contributed by atoms with Crippen molar-refractivity contribution < 1.29 is 38.4 Å². The van der Waals surface area contributed by atoms with E-state index in [9.17, 15) is 14.7 Å². The Bertz CT molecular complexity index is 1200. The molecule has 4 aliphatic heterocycles. The van der Waals surface area contributed by atoms with Crippen molar-refractivity contribution in [2.75, 3.05) is 31.9 Å². The molecule has 10 nitrogen and oxygen atoms in total. The summed E-state index contributed by atoms with van der Waals surface area (Å²) in [5, 5.41) is 16.0. The molecule has 2 fully saturated rings. The molecule has 0 unspecified atom stereocenters. The van der Waals surface area contributed by atoms with Crippen molar-refractivity contribution in [2.24, 2.45) is 5.92 Å². The van der Waals surface area contributed by atoms with Crippen LogP contribution in [0.25, 0.3) is 0 Å². The highest BCUT2D eigenvalue weighted by Gasteiger charge is 2.46. The molecule has 0 radical (unpaired) electrons. The number of fused-ring (bicyclic) bond motifs is 4. The van der Waals surface area contributed by atoms with Crippen LogP contribution in [-0.4, -0.2) is 61.8 Å². The lowest BCUT2D eigenvalue weighted by molar-refractivity contribution is -0.142. The SMILES string of the molecule is O=C(C[C@H]1C[C@H]2c3cc(NC(=O)C4CCOCC4)ccc3O[C@H]2[C@H](CO)O1)NCc1ccc2c(c1)OCO2. The molecule has 38 heavy (non-hydrogen) atoms. The maximum Gasteiger partial charge on any atom is 0.231 e. The molecule has 0 saturated carbocycles. The first-order chi connectivity index (χ1) is 18.6. The van der Waals surface area contributed by atoms with Crippen LogP contribution in [0.15, 0.2) is 36.4 Å². The standard InChI is InChI=1S/C28H32N2O8/c31-14-25-27-21(20-10-18(2-4-22(20)38-27)30-28(33)17-5-7-34-8-6-17)11-19(37-25)12-26(32)29-13-16-1-3-23-24(9-16)36-15-35-23/h1-4,9-10,17,19,21,25,27,31H,5-8,11-15H2,(H,29,32)(H,30,33)/t19-,21+,25+,27-/m1/s1. The maximum absolute atomic E-state index is 12.8. The number of rotatable bonds is 7. The van der Waals surface area contributed by atoms with Crippen molar-refractivity contribution in [3.05, 3.63) is 47.5 Å². The Labute approximate surface area is 220 Å². The van der Waals surface area contributed by atoms with E-state index in [1.807, 2.05) is 36.4 Å². The van der Waals surface area contributed by atoms with Gasteiger partial charge in [0.15, 0.2) is 11.5 Å². The number of aliphatic hydroxyl groups excluding tert-OH is 1. The number of nitrogens with one attached hydrogen (secondary N) is 2. The van der Waals surface area contributed by atoms with E-state index < -0.39 is 6.10 Å². The summed E-state index contributed by atoms with van der Waals surface area (Å²) in [5.74, 6) is 1.85. The first kappa shape index (κ1) is 25.0. The normalized spacial score (nSPS) is 25.7. The monoisotopic (exact) mass is 524 g/mol. The summed E-state index contributed by atoms with van der Waals surface area (Å²) in [6.07, 6.45) is 0.914. The molecular weight excluding hydrogens is 492 g/mol. The van der Waals surface area contributed by atoms with E-state index in [-0.39, 0.29) is 55.7 Å². The van der Waals surface area contributed by atoms with Crippen molar-refractivity contribution in [2.45, 2.75) is 56.5 Å². The predicted molar refractivity (Wildman–Crippen MR) is 135 cm³/mol. The molecule has 0 aromatic heterocycles. The van der Waals surface area contributed by atoms with Crippen LogP contribution in [0.3, 0.4) is 0 Å². The van der Waals surface area contributed by atoms with Gasteiger partial charge in [0.05, 0.1) is 19.1 Å². The van der Waals surface area contributed by atoms with Gasteiger partial charge in [-0.3, -0.25) is 9.59 Å². The molecule has 0 spiro atoms. The largest absolute Gasteiger partial charge is 0.487 e. The molecule has 2 saturated heterocycles. The van der Waals surface area contributed by atoms with Crippen LogP contribution in [-0.2, 0) is 25.6 Å². The third kappa shape index (κ3) is 5.16. The van der Waals surface area contributed by atoms with Gasteiger partial charge >= 0.3 is 0 Å². The van der Waals surface area contributed by atoms with Gasteiger partial charge in [0.2, 0.25) is 18.6 Å². The van der Waals surface area contributed by atoms with E-state index in [1.165, 1.54) is 0 Å². The van der Waals surface area contributed by atoms with Gasteiger partial charge < -0.3 is 39.4 Å². The summed E-state index contributed by atoms with van der Waals surface area (Å²) >= 11 is 0. The number of aliphatic hydroxyl groups is 1. The summed E-state index contributed by atoms with van der Waals surface area (Å²) in [6.45, 7) is 1.56. The van der Waals surface area contributed by atoms with Gasteiger partial charge in [-0.05, 0) is 55.2 Å². The van der Waals surface area contributed by atoms with E-state index in [0.717, 1.165) is 35.4 Å². The van der Waals surface area contributed by atoms with Crippen molar-refractivity contribution in [3.63, 3.8) is 0 Å². The lowest BCUT2D eigenvalue weighted by Gasteiger charge is -2.37. The van der Waals surface area contributed by atoms with Crippen LogP contribution in [0.5, 0.6) is 17.2 Å². The van der Waals surface area contributed by atoms with Crippen LogP contribution in [0.2, 0.25) is 0 Å². The minimum absolute atomic E-state index is 0.000865. The van der Waals surface area contributed by atoms with Crippen molar-refractivity contribution >= 4 is 17.5 Å². The summed E-state index contributed by atoms with van der Waals surface area (Å²) in [6, 6.07) is 11.2. The van der Waals surface area contributed by atoms with Gasteiger partial charge in [0.25, 0.3) is 0 Å². The second kappa shape index (κ2) is 10.8. The maximum atomic E-state index is 12.8. The van der Waals surface area contributed by atoms with Gasteiger partial charge in [-0.15, -0.1) is 0 Å². The minimum atomic E-state index is -0.548. The van der Waals surface area contributed by atoms with E-state index in [4.69, 9.17) is 23.7 Å². The Kier molecular flexibility index (Phi) is 7.10. The zero-order valence-electron chi connectivity index (χ0n) is 21.0. The molecule has 2 aromatic rings. The first-order valence-electron chi connectivity index (χ1n) is 13.2. The molecule has 4 aliphatic rings. The van der Waals surface area contributed by atoms with E-state index in [1.54, 1.807) is 0 Å². The number of carbonyl (C=O) groups is 2.